The number of nitrogens with one attached hydrogen (secondary N) is 2. The van der Waals surface area contributed by atoms with E-state index in [2.05, 4.69) is 10.6 Å². The number of methoxy groups -OCH3 is 1. The van der Waals surface area contributed by atoms with Gasteiger partial charge in [0.25, 0.3) is 5.91 Å². The van der Waals surface area contributed by atoms with Gasteiger partial charge >= 0.3 is 6.03 Å². The first-order chi connectivity index (χ1) is 15.9. The van der Waals surface area contributed by atoms with Crippen LogP contribution in [0.5, 0.6) is 5.75 Å². The fourth-order valence-electron chi connectivity index (χ4n) is 3.87. The molecule has 0 spiro atoms. The van der Waals surface area contributed by atoms with Crippen LogP contribution in [0.1, 0.15) is 30.6 Å². The fraction of sp³-hybridized carbons (Fsp3) is 0.400. The van der Waals surface area contributed by atoms with E-state index in [1.807, 2.05) is 44.2 Å². The Morgan fingerprint density at radius 2 is 1.52 bits per heavy atom. The number of ether oxygens (including phenoxy) is 1. The third kappa shape index (κ3) is 6.25. The average Bonchev–Trinajstić information content (AvgIpc) is 3.08. The lowest BCUT2D eigenvalue weighted by molar-refractivity contribution is -0.134. The van der Waals surface area contributed by atoms with Gasteiger partial charge in [0.2, 0.25) is 5.91 Å². The topological polar surface area (TPSA) is 91.0 Å². The third-order valence-electron chi connectivity index (χ3n) is 5.68. The Hall–Kier alpha value is -3.55. The van der Waals surface area contributed by atoms with Crippen molar-refractivity contribution in [3.05, 3.63) is 60.2 Å². The molecule has 4 amide bonds. The maximum Gasteiger partial charge on any atom is 0.319 e. The molecule has 0 aromatic heterocycles. The normalized spacial score (nSPS) is 14.9. The molecule has 1 unspecified atom stereocenters. The van der Waals surface area contributed by atoms with Crippen LogP contribution < -0.4 is 15.4 Å². The van der Waals surface area contributed by atoms with E-state index in [4.69, 9.17) is 4.74 Å². The Balaban J connectivity index is 1.63. The number of anilines is 1. The lowest BCUT2D eigenvalue weighted by atomic mass is 10.0. The lowest BCUT2D eigenvalue weighted by Crippen LogP contribution is -2.53. The molecule has 2 aromatic carbocycles. The molecule has 0 bridgehead atoms. The summed E-state index contributed by atoms with van der Waals surface area (Å²) < 4.78 is 5.33. The number of para-hydroxylation sites is 2. The molecular weight excluding hydrogens is 420 g/mol. The molecule has 1 aliphatic heterocycles. The second-order valence-electron chi connectivity index (χ2n) is 8.36. The molecule has 0 aliphatic carbocycles. The van der Waals surface area contributed by atoms with Crippen LogP contribution in [0.25, 0.3) is 0 Å². The Bertz CT molecular complexity index is 964. The number of rotatable bonds is 6. The van der Waals surface area contributed by atoms with Gasteiger partial charge in [0.1, 0.15) is 11.8 Å². The molecule has 8 nitrogen and oxygen atoms in total. The molecule has 3 rings (SSSR count). The fourth-order valence-corrected chi connectivity index (χ4v) is 3.87. The van der Waals surface area contributed by atoms with Crippen molar-refractivity contribution < 1.29 is 19.1 Å². The van der Waals surface area contributed by atoms with E-state index in [1.54, 1.807) is 41.2 Å². The predicted octanol–water partition coefficient (Wildman–Crippen LogP) is 3.22. The zero-order valence-corrected chi connectivity index (χ0v) is 19.4. The van der Waals surface area contributed by atoms with Gasteiger partial charge in [-0.05, 0) is 36.6 Å². The summed E-state index contributed by atoms with van der Waals surface area (Å²) in [6.07, 6.45) is 0.660. The molecule has 2 N–H and O–H groups in total. The average molecular weight is 453 g/mol. The van der Waals surface area contributed by atoms with Gasteiger partial charge in [-0.15, -0.1) is 0 Å². The molecule has 1 fully saturated rings. The van der Waals surface area contributed by atoms with Gasteiger partial charge in [-0.1, -0.05) is 44.2 Å². The molecule has 0 saturated carbocycles. The summed E-state index contributed by atoms with van der Waals surface area (Å²) in [5, 5.41) is 5.58. The van der Waals surface area contributed by atoms with Crippen molar-refractivity contribution in [2.45, 2.75) is 26.3 Å². The summed E-state index contributed by atoms with van der Waals surface area (Å²) in [4.78, 5) is 42.3. The molecular formula is C25H32N4O4. The van der Waals surface area contributed by atoms with Gasteiger partial charge in [-0.25, -0.2) is 4.79 Å². The zero-order chi connectivity index (χ0) is 23.8. The largest absolute Gasteiger partial charge is 0.496 e. The molecule has 0 radical (unpaired) electrons. The number of nitrogens with zero attached hydrogens (tertiary/aromatic N) is 2. The van der Waals surface area contributed by atoms with Gasteiger partial charge in [-0.3, -0.25) is 9.59 Å². The Kier molecular flexibility index (Phi) is 8.29. The highest BCUT2D eigenvalue weighted by molar-refractivity contribution is 5.97. The SMILES string of the molecule is COc1ccccc1C(=O)N1CCCN(C(=O)C(NC(=O)Nc2ccccc2)C(C)C)CC1. The molecule has 1 aliphatic rings. The minimum absolute atomic E-state index is 0.0893. The van der Waals surface area contributed by atoms with E-state index in [0.717, 1.165) is 0 Å². The maximum atomic E-state index is 13.3. The van der Waals surface area contributed by atoms with Crippen molar-refractivity contribution in [1.29, 1.82) is 0 Å². The van der Waals surface area contributed by atoms with Crippen molar-refractivity contribution in [3.8, 4) is 5.75 Å². The van der Waals surface area contributed by atoms with Gasteiger partial charge in [-0.2, -0.15) is 0 Å². The van der Waals surface area contributed by atoms with E-state index in [-0.39, 0.29) is 17.7 Å². The summed E-state index contributed by atoms with van der Waals surface area (Å²) in [7, 11) is 1.54. The highest BCUT2D eigenvalue weighted by atomic mass is 16.5. The van der Waals surface area contributed by atoms with Gasteiger partial charge in [0.15, 0.2) is 0 Å². The first-order valence-corrected chi connectivity index (χ1v) is 11.2. The number of carbonyl (C=O) groups is 3. The van der Waals surface area contributed by atoms with Crippen molar-refractivity contribution in [3.63, 3.8) is 0 Å². The molecule has 1 saturated heterocycles. The number of hydrogen-bond acceptors (Lipinski definition) is 4. The Labute approximate surface area is 194 Å². The van der Waals surface area contributed by atoms with Crippen LogP contribution in [0, 0.1) is 5.92 Å². The van der Waals surface area contributed by atoms with E-state index < -0.39 is 12.1 Å². The first kappa shape index (κ1) is 24.1. The van der Waals surface area contributed by atoms with E-state index >= 15 is 0 Å². The number of amides is 4. The molecule has 2 aromatic rings. The summed E-state index contributed by atoms with van der Waals surface area (Å²) in [5.41, 5.74) is 1.17. The van der Waals surface area contributed by atoms with Gasteiger partial charge in [0, 0.05) is 31.9 Å². The van der Waals surface area contributed by atoms with E-state index in [1.165, 1.54) is 0 Å². The number of urea groups is 1. The van der Waals surface area contributed by atoms with Crippen LogP contribution in [-0.2, 0) is 4.79 Å². The quantitative estimate of drug-likeness (QED) is 0.704. The van der Waals surface area contributed by atoms with Crippen molar-refractivity contribution in [1.82, 2.24) is 15.1 Å². The number of hydrogen-bond donors (Lipinski definition) is 2. The zero-order valence-electron chi connectivity index (χ0n) is 19.4. The van der Waals surface area contributed by atoms with Crippen LogP contribution in [0.2, 0.25) is 0 Å². The summed E-state index contributed by atoms with van der Waals surface area (Å²) in [5.74, 6) is 0.198. The van der Waals surface area contributed by atoms with Crippen LogP contribution in [0.3, 0.4) is 0 Å². The molecule has 176 valence electrons. The second kappa shape index (κ2) is 11.4. The standard InChI is InChI=1S/C25H32N4O4/c1-18(2)22(27-25(32)26-19-10-5-4-6-11-19)24(31)29-15-9-14-28(16-17-29)23(30)20-12-7-8-13-21(20)33-3/h4-8,10-13,18,22H,9,14-17H2,1-3H3,(H2,26,27,32). The second-order valence-corrected chi connectivity index (χ2v) is 8.36. The highest BCUT2D eigenvalue weighted by Crippen LogP contribution is 2.20. The van der Waals surface area contributed by atoms with E-state index in [9.17, 15) is 14.4 Å². The summed E-state index contributed by atoms with van der Waals surface area (Å²) >= 11 is 0. The van der Waals surface area contributed by atoms with Crippen LogP contribution in [0.15, 0.2) is 54.6 Å². The summed E-state index contributed by atoms with van der Waals surface area (Å²) in [6, 6.07) is 15.2. The highest BCUT2D eigenvalue weighted by Gasteiger charge is 2.31. The van der Waals surface area contributed by atoms with Crippen LogP contribution in [-0.4, -0.2) is 67.0 Å². The lowest BCUT2D eigenvalue weighted by Gasteiger charge is -2.29. The first-order valence-electron chi connectivity index (χ1n) is 11.2. The Morgan fingerprint density at radius 3 is 2.21 bits per heavy atom. The van der Waals surface area contributed by atoms with Crippen molar-refractivity contribution in [2.24, 2.45) is 5.92 Å². The maximum absolute atomic E-state index is 13.3. The van der Waals surface area contributed by atoms with E-state index in [0.29, 0.717) is 49.6 Å². The minimum Gasteiger partial charge on any atom is -0.496 e. The smallest absolute Gasteiger partial charge is 0.319 e. The monoisotopic (exact) mass is 452 g/mol. The molecule has 1 heterocycles. The van der Waals surface area contributed by atoms with Gasteiger partial charge < -0.3 is 25.2 Å². The molecule has 33 heavy (non-hydrogen) atoms. The van der Waals surface area contributed by atoms with Crippen LogP contribution >= 0.6 is 0 Å². The molecule has 8 heteroatoms. The summed E-state index contributed by atoms with van der Waals surface area (Å²) in [6.45, 7) is 5.71. The van der Waals surface area contributed by atoms with Crippen LogP contribution in [0.4, 0.5) is 10.5 Å². The minimum atomic E-state index is -0.662. The number of benzene rings is 2. The van der Waals surface area contributed by atoms with Crippen molar-refractivity contribution in [2.75, 3.05) is 38.6 Å². The Morgan fingerprint density at radius 1 is 0.879 bits per heavy atom. The number of carbonyl (C=O) groups excluding carboxylic acids is 3. The predicted molar refractivity (Wildman–Crippen MR) is 127 cm³/mol. The molecule has 1 atom stereocenters. The van der Waals surface area contributed by atoms with Crippen molar-refractivity contribution >= 4 is 23.5 Å². The third-order valence-corrected chi connectivity index (χ3v) is 5.68. The van der Waals surface area contributed by atoms with Gasteiger partial charge in [0.05, 0.1) is 12.7 Å².